The Hall–Kier alpha value is -0.460. The van der Waals surface area contributed by atoms with Gasteiger partial charge in [-0.3, -0.25) is 0 Å². The first kappa shape index (κ1) is 13.0. The van der Waals surface area contributed by atoms with Crippen LogP contribution in [0.25, 0.3) is 0 Å². The maximum atomic E-state index is 4.26. The van der Waals surface area contributed by atoms with Crippen molar-refractivity contribution in [3.8, 4) is 0 Å². The number of hydrogen-bond donors (Lipinski definition) is 1. The summed E-state index contributed by atoms with van der Waals surface area (Å²) in [5.41, 5.74) is 4.37. The number of rotatable bonds is 4. The van der Waals surface area contributed by atoms with Gasteiger partial charge < -0.3 is 5.32 Å². The Balaban J connectivity index is 1.95. The van der Waals surface area contributed by atoms with Gasteiger partial charge in [0.05, 0.1) is 11.2 Å². The zero-order valence-electron chi connectivity index (χ0n) is 9.90. The molecule has 0 saturated heterocycles. The van der Waals surface area contributed by atoms with Crippen LogP contribution in [0.1, 0.15) is 29.1 Å². The quantitative estimate of drug-likeness (QED) is 0.839. The van der Waals surface area contributed by atoms with Crippen molar-refractivity contribution in [2.24, 2.45) is 0 Å². The zero-order valence-corrected chi connectivity index (χ0v) is 12.9. The molecule has 0 spiro atoms. The standard InChI is InChI=1S/C13H15IN2S/c1-9(11-3-5-12(14)6-4-11)15-7-13-10(2)16-8-17-13/h3-6,8-9,15H,7H2,1-2H3. The average molecular weight is 358 g/mol. The van der Waals surface area contributed by atoms with Gasteiger partial charge in [0, 0.05) is 21.0 Å². The van der Waals surface area contributed by atoms with Gasteiger partial charge in [-0.25, -0.2) is 4.98 Å². The number of nitrogens with one attached hydrogen (secondary N) is 1. The van der Waals surface area contributed by atoms with Crippen molar-refractivity contribution in [1.82, 2.24) is 10.3 Å². The van der Waals surface area contributed by atoms with Crippen molar-refractivity contribution >= 4 is 33.9 Å². The Morgan fingerprint density at radius 3 is 2.65 bits per heavy atom. The Morgan fingerprint density at radius 1 is 1.35 bits per heavy atom. The van der Waals surface area contributed by atoms with Crippen molar-refractivity contribution < 1.29 is 0 Å². The topological polar surface area (TPSA) is 24.9 Å². The number of halogens is 1. The predicted octanol–water partition coefficient (Wildman–Crippen LogP) is 3.91. The third-order valence-corrected chi connectivity index (χ3v) is 4.44. The fourth-order valence-corrected chi connectivity index (χ4v) is 2.70. The molecule has 2 aromatic rings. The van der Waals surface area contributed by atoms with E-state index in [1.807, 2.05) is 5.51 Å². The average Bonchev–Trinajstić information content (AvgIpc) is 2.73. The van der Waals surface area contributed by atoms with E-state index in [0.717, 1.165) is 12.2 Å². The second kappa shape index (κ2) is 5.93. The number of nitrogens with zero attached hydrogens (tertiary/aromatic N) is 1. The number of aromatic nitrogens is 1. The summed E-state index contributed by atoms with van der Waals surface area (Å²) in [6.45, 7) is 5.14. The third-order valence-electron chi connectivity index (χ3n) is 2.78. The van der Waals surface area contributed by atoms with E-state index < -0.39 is 0 Å². The number of aryl methyl sites for hydroxylation is 1. The smallest absolute Gasteiger partial charge is 0.0798 e. The van der Waals surface area contributed by atoms with Gasteiger partial charge in [0.1, 0.15) is 0 Å². The van der Waals surface area contributed by atoms with Gasteiger partial charge in [0.15, 0.2) is 0 Å². The summed E-state index contributed by atoms with van der Waals surface area (Å²) in [5.74, 6) is 0. The van der Waals surface area contributed by atoms with Gasteiger partial charge >= 0.3 is 0 Å². The molecule has 2 nitrogen and oxygen atoms in total. The van der Waals surface area contributed by atoms with Crippen LogP contribution in [-0.2, 0) is 6.54 Å². The SMILES string of the molecule is Cc1ncsc1CNC(C)c1ccc(I)cc1. The fourth-order valence-electron chi connectivity index (χ4n) is 1.61. The van der Waals surface area contributed by atoms with E-state index in [9.17, 15) is 0 Å². The van der Waals surface area contributed by atoms with Crippen molar-refractivity contribution in [3.05, 3.63) is 49.5 Å². The molecule has 2 rings (SSSR count). The molecule has 17 heavy (non-hydrogen) atoms. The monoisotopic (exact) mass is 358 g/mol. The highest BCUT2D eigenvalue weighted by molar-refractivity contribution is 14.1. The summed E-state index contributed by atoms with van der Waals surface area (Å²) in [7, 11) is 0. The van der Waals surface area contributed by atoms with E-state index >= 15 is 0 Å². The van der Waals surface area contributed by atoms with Crippen LogP contribution in [0, 0.1) is 10.5 Å². The molecule has 0 aliphatic carbocycles. The Kier molecular flexibility index (Phi) is 4.53. The van der Waals surface area contributed by atoms with Crippen LogP contribution >= 0.6 is 33.9 Å². The molecular weight excluding hydrogens is 343 g/mol. The molecule has 0 saturated carbocycles. The summed E-state index contributed by atoms with van der Waals surface area (Å²) < 4.78 is 1.27. The lowest BCUT2D eigenvalue weighted by Gasteiger charge is -2.13. The largest absolute Gasteiger partial charge is 0.305 e. The molecule has 90 valence electrons. The van der Waals surface area contributed by atoms with Crippen molar-refractivity contribution in [2.75, 3.05) is 0 Å². The molecule has 0 radical (unpaired) electrons. The molecule has 1 aromatic carbocycles. The molecule has 1 unspecified atom stereocenters. The van der Waals surface area contributed by atoms with E-state index in [1.165, 1.54) is 14.0 Å². The molecule has 1 atom stereocenters. The highest BCUT2D eigenvalue weighted by Gasteiger charge is 2.06. The highest BCUT2D eigenvalue weighted by Crippen LogP contribution is 2.17. The Labute approximate surface area is 120 Å². The van der Waals surface area contributed by atoms with Crippen molar-refractivity contribution in [2.45, 2.75) is 26.4 Å². The van der Waals surface area contributed by atoms with Gasteiger partial charge in [-0.05, 0) is 54.1 Å². The molecule has 1 N–H and O–H groups in total. The van der Waals surface area contributed by atoms with E-state index in [4.69, 9.17) is 0 Å². The van der Waals surface area contributed by atoms with Gasteiger partial charge in [0.2, 0.25) is 0 Å². The number of thiazole rings is 1. The summed E-state index contributed by atoms with van der Waals surface area (Å²) in [6, 6.07) is 9.02. The van der Waals surface area contributed by atoms with Crippen molar-refractivity contribution in [3.63, 3.8) is 0 Å². The molecule has 1 heterocycles. The van der Waals surface area contributed by atoms with Crippen LogP contribution in [0.2, 0.25) is 0 Å². The Bertz CT molecular complexity index is 478. The van der Waals surface area contributed by atoms with Gasteiger partial charge in [-0.2, -0.15) is 0 Å². The van der Waals surface area contributed by atoms with E-state index in [2.05, 4.69) is 71.0 Å². The summed E-state index contributed by atoms with van der Waals surface area (Å²) >= 11 is 4.04. The van der Waals surface area contributed by atoms with E-state index in [1.54, 1.807) is 11.3 Å². The first-order chi connectivity index (χ1) is 8.16. The number of benzene rings is 1. The first-order valence-corrected chi connectivity index (χ1v) is 7.50. The molecule has 0 fully saturated rings. The molecule has 0 amide bonds. The molecule has 0 aliphatic rings. The first-order valence-electron chi connectivity index (χ1n) is 5.54. The summed E-state index contributed by atoms with van der Waals surface area (Å²) in [6.07, 6.45) is 0. The molecule has 0 aliphatic heterocycles. The van der Waals surface area contributed by atoms with Crippen LogP contribution in [0.3, 0.4) is 0 Å². The Morgan fingerprint density at radius 2 is 2.06 bits per heavy atom. The van der Waals surface area contributed by atoms with Gasteiger partial charge in [0.25, 0.3) is 0 Å². The van der Waals surface area contributed by atoms with Gasteiger partial charge in [-0.15, -0.1) is 11.3 Å². The third kappa shape index (κ3) is 3.50. The molecule has 0 bridgehead atoms. The second-order valence-electron chi connectivity index (χ2n) is 4.02. The lowest BCUT2D eigenvalue weighted by molar-refractivity contribution is 0.577. The lowest BCUT2D eigenvalue weighted by atomic mass is 10.1. The lowest BCUT2D eigenvalue weighted by Crippen LogP contribution is -2.17. The van der Waals surface area contributed by atoms with Gasteiger partial charge in [-0.1, -0.05) is 12.1 Å². The van der Waals surface area contributed by atoms with Crippen LogP contribution in [-0.4, -0.2) is 4.98 Å². The van der Waals surface area contributed by atoms with Crippen LogP contribution < -0.4 is 5.32 Å². The minimum Gasteiger partial charge on any atom is -0.305 e. The summed E-state index contributed by atoms with van der Waals surface area (Å²) in [5, 5.41) is 3.53. The maximum absolute atomic E-state index is 4.26. The number of hydrogen-bond acceptors (Lipinski definition) is 3. The molecule has 1 aromatic heterocycles. The highest BCUT2D eigenvalue weighted by atomic mass is 127. The van der Waals surface area contributed by atoms with Crippen molar-refractivity contribution in [1.29, 1.82) is 0 Å². The zero-order chi connectivity index (χ0) is 12.3. The minimum atomic E-state index is 0.369. The fraction of sp³-hybridized carbons (Fsp3) is 0.308. The molecule has 4 heteroatoms. The van der Waals surface area contributed by atoms with Crippen LogP contribution in [0.4, 0.5) is 0 Å². The van der Waals surface area contributed by atoms with Crippen LogP contribution in [0.5, 0.6) is 0 Å². The predicted molar refractivity (Wildman–Crippen MR) is 81.3 cm³/mol. The minimum absolute atomic E-state index is 0.369. The van der Waals surface area contributed by atoms with Crippen LogP contribution in [0.15, 0.2) is 29.8 Å². The van der Waals surface area contributed by atoms with E-state index in [0.29, 0.717) is 6.04 Å². The summed E-state index contributed by atoms with van der Waals surface area (Å²) in [4.78, 5) is 5.58. The van der Waals surface area contributed by atoms with E-state index in [-0.39, 0.29) is 0 Å². The second-order valence-corrected chi connectivity index (χ2v) is 6.20. The molecular formula is C13H15IN2S. The normalized spacial score (nSPS) is 12.6. The maximum Gasteiger partial charge on any atom is 0.0798 e.